The molecule has 0 amide bonds. The van der Waals surface area contributed by atoms with E-state index in [2.05, 4.69) is 42.9 Å². The number of allylic oxidation sites excluding steroid dienone is 8. The molecule has 27 heavy (non-hydrogen) atoms. The van der Waals surface area contributed by atoms with Gasteiger partial charge in [-0.25, -0.2) is 0 Å². The molecule has 0 heterocycles. The van der Waals surface area contributed by atoms with E-state index in [0.29, 0.717) is 0 Å². The fourth-order valence-electron chi connectivity index (χ4n) is 1.81. The third kappa shape index (κ3) is 25.6. The number of unbranched alkanes of at least 4 members (excludes halogenated alkanes) is 3. The van der Waals surface area contributed by atoms with Crippen molar-refractivity contribution in [2.45, 2.75) is 72.1 Å². The molecule has 0 atom stereocenters. The Balaban J connectivity index is -0.000000311. The van der Waals surface area contributed by atoms with Gasteiger partial charge >= 0.3 is 25.8 Å². The first-order chi connectivity index (χ1) is 12.7. The molecule has 0 spiro atoms. The second-order valence-electron chi connectivity index (χ2n) is 6.07. The van der Waals surface area contributed by atoms with Crippen LogP contribution in [0.3, 0.4) is 0 Å². The molecule has 0 fully saturated rings. The Morgan fingerprint density at radius 2 is 1.04 bits per heavy atom. The van der Waals surface area contributed by atoms with E-state index >= 15 is 0 Å². The van der Waals surface area contributed by atoms with Crippen LogP contribution in [0.15, 0.2) is 47.6 Å². The van der Waals surface area contributed by atoms with Crippen LogP contribution in [-0.4, -0.2) is 19.8 Å². The van der Waals surface area contributed by atoms with Gasteiger partial charge in [-0.3, -0.25) is 0 Å². The fraction of sp³-hybridized carbons (Fsp3) is 0.609. The SMILES string of the molecule is C1=CCC([CH-]C2=CC=CC2)=C1.CCCC[O-].CCCC[O-].CCCC[O-].[Hf+4]. The monoisotopic (exact) mass is 542 g/mol. The van der Waals surface area contributed by atoms with Crippen molar-refractivity contribution in [1.29, 1.82) is 0 Å². The largest absolute Gasteiger partial charge is 4.00 e. The summed E-state index contributed by atoms with van der Waals surface area (Å²) < 4.78 is 0. The zero-order valence-electron chi connectivity index (χ0n) is 17.5. The molecule has 0 unspecified atom stereocenters. The van der Waals surface area contributed by atoms with Crippen molar-refractivity contribution in [3.05, 3.63) is 54.0 Å². The Morgan fingerprint density at radius 3 is 1.19 bits per heavy atom. The maximum Gasteiger partial charge on any atom is 4.00 e. The Labute approximate surface area is 186 Å². The van der Waals surface area contributed by atoms with E-state index in [0.717, 1.165) is 51.4 Å². The zero-order chi connectivity index (χ0) is 19.9. The standard InChI is InChI=1S/C11H11.3C4H9O.Hf/c1-2-6-10(5-1)9-11-7-3-4-8-11;3*1-2-3-4-5;/h1-5,7,9H,6,8H2;3*2-4H2,1H3;/q4*-1;+4. The van der Waals surface area contributed by atoms with Crippen molar-refractivity contribution in [2.24, 2.45) is 0 Å². The van der Waals surface area contributed by atoms with Gasteiger partial charge in [-0.2, -0.15) is 29.7 Å². The molecule has 0 aromatic carbocycles. The van der Waals surface area contributed by atoms with Crippen LogP contribution < -0.4 is 15.3 Å². The molecule has 0 aromatic heterocycles. The van der Waals surface area contributed by atoms with E-state index in [-0.39, 0.29) is 45.7 Å². The first kappa shape index (κ1) is 31.3. The molecule has 3 nitrogen and oxygen atoms in total. The number of rotatable bonds is 8. The van der Waals surface area contributed by atoms with Gasteiger partial charge in [-0.1, -0.05) is 71.4 Å². The third-order valence-electron chi connectivity index (χ3n) is 3.46. The van der Waals surface area contributed by atoms with Gasteiger partial charge in [0.05, 0.1) is 0 Å². The van der Waals surface area contributed by atoms with E-state index in [1.807, 2.05) is 20.8 Å². The summed E-state index contributed by atoms with van der Waals surface area (Å²) in [7, 11) is 0. The molecule has 0 N–H and O–H groups in total. The molecular formula is C23H38HfO3. The van der Waals surface area contributed by atoms with Crippen LogP contribution in [0.5, 0.6) is 0 Å². The summed E-state index contributed by atoms with van der Waals surface area (Å²) in [6.07, 6.45) is 23.1. The number of hydrogen-bond acceptors (Lipinski definition) is 3. The van der Waals surface area contributed by atoms with Gasteiger partial charge in [0, 0.05) is 0 Å². The first-order valence-corrected chi connectivity index (χ1v) is 10.00. The quantitative estimate of drug-likeness (QED) is 0.350. The van der Waals surface area contributed by atoms with E-state index in [1.165, 1.54) is 11.1 Å². The normalized spacial score (nSPS) is 13.0. The van der Waals surface area contributed by atoms with Crippen LogP contribution >= 0.6 is 0 Å². The van der Waals surface area contributed by atoms with Crippen molar-refractivity contribution >= 4 is 0 Å². The fourth-order valence-corrected chi connectivity index (χ4v) is 1.81. The van der Waals surface area contributed by atoms with Gasteiger partial charge in [-0.15, -0.1) is 32.0 Å². The molecule has 152 valence electrons. The molecule has 2 aliphatic carbocycles. The molecule has 0 radical (unpaired) electrons. The Hall–Kier alpha value is -0.420. The Kier molecular flexibility index (Phi) is 32.2. The summed E-state index contributed by atoms with van der Waals surface area (Å²) in [5.74, 6) is 0. The summed E-state index contributed by atoms with van der Waals surface area (Å²) in [6.45, 7) is 6.32. The van der Waals surface area contributed by atoms with E-state index in [9.17, 15) is 15.3 Å². The van der Waals surface area contributed by atoms with Crippen molar-refractivity contribution in [3.8, 4) is 0 Å². The molecule has 2 rings (SSSR count). The van der Waals surface area contributed by atoms with Crippen LogP contribution in [0.4, 0.5) is 0 Å². The summed E-state index contributed by atoms with van der Waals surface area (Å²) >= 11 is 0. The van der Waals surface area contributed by atoms with Crippen molar-refractivity contribution in [1.82, 2.24) is 0 Å². The minimum Gasteiger partial charge on any atom is -0.854 e. The van der Waals surface area contributed by atoms with Crippen molar-refractivity contribution < 1.29 is 41.2 Å². The maximum atomic E-state index is 9.53. The van der Waals surface area contributed by atoms with Gasteiger partial charge in [0.15, 0.2) is 0 Å². The van der Waals surface area contributed by atoms with E-state index < -0.39 is 0 Å². The molecule has 4 heteroatoms. The van der Waals surface area contributed by atoms with Crippen LogP contribution in [0.2, 0.25) is 0 Å². The summed E-state index contributed by atoms with van der Waals surface area (Å²) in [4.78, 5) is 0. The van der Waals surface area contributed by atoms with Crippen LogP contribution in [0.1, 0.15) is 72.1 Å². The molecule has 0 aliphatic heterocycles. The topological polar surface area (TPSA) is 69.2 Å². The summed E-state index contributed by atoms with van der Waals surface area (Å²) in [5.41, 5.74) is 2.86. The van der Waals surface area contributed by atoms with E-state index in [1.54, 1.807) is 0 Å². The Morgan fingerprint density at radius 1 is 0.704 bits per heavy atom. The van der Waals surface area contributed by atoms with Crippen LogP contribution in [-0.2, 0) is 25.8 Å². The third-order valence-corrected chi connectivity index (χ3v) is 3.46. The number of hydrogen-bond donors (Lipinski definition) is 0. The molecule has 0 aromatic rings. The van der Waals surface area contributed by atoms with Gasteiger partial charge in [0.2, 0.25) is 0 Å². The van der Waals surface area contributed by atoms with Crippen molar-refractivity contribution in [2.75, 3.05) is 19.8 Å². The average Bonchev–Trinajstić information content (AvgIpc) is 3.33. The minimum atomic E-state index is 0. The summed E-state index contributed by atoms with van der Waals surface area (Å²) in [5, 5.41) is 28.6. The van der Waals surface area contributed by atoms with Crippen LogP contribution in [0, 0.1) is 6.42 Å². The maximum absolute atomic E-state index is 9.53. The molecule has 0 saturated heterocycles. The smallest absolute Gasteiger partial charge is 0.854 e. The first-order valence-electron chi connectivity index (χ1n) is 10.00. The Bertz CT molecular complexity index is 350. The van der Waals surface area contributed by atoms with Gasteiger partial charge in [-0.05, 0) is 12.8 Å². The van der Waals surface area contributed by atoms with Gasteiger partial charge < -0.3 is 15.3 Å². The second-order valence-corrected chi connectivity index (χ2v) is 6.07. The predicted octanol–water partition coefficient (Wildman–Crippen LogP) is 3.40. The summed E-state index contributed by atoms with van der Waals surface area (Å²) in [6, 6.07) is 0. The molecule has 0 saturated carbocycles. The van der Waals surface area contributed by atoms with Crippen molar-refractivity contribution in [3.63, 3.8) is 0 Å². The molecule has 2 aliphatic rings. The zero-order valence-corrected chi connectivity index (χ0v) is 21.1. The van der Waals surface area contributed by atoms with Gasteiger partial charge in [0.25, 0.3) is 0 Å². The van der Waals surface area contributed by atoms with Gasteiger partial charge in [0.1, 0.15) is 0 Å². The van der Waals surface area contributed by atoms with Crippen LogP contribution in [0.25, 0.3) is 0 Å². The van der Waals surface area contributed by atoms with E-state index in [4.69, 9.17) is 0 Å². The average molecular weight is 541 g/mol. The second kappa shape index (κ2) is 27.8. The molecule has 0 bridgehead atoms. The minimum absolute atomic E-state index is 0. The molecular weight excluding hydrogens is 503 g/mol. The predicted molar refractivity (Wildman–Crippen MR) is 107 cm³/mol.